The molecule has 7 rings (SSSR count). The van der Waals surface area contributed by atoms with Gasteiger partial charge >= 0.3 is 6.18 Å². The number of anilines is 1. The molecule has 0 aliphatic heterocycles. The van der Waals surface area contributed by atoms with Crippen molar-refractivity contribution >= 4 is 54.1 Å². The van der Waals surface area contributed by atoms with Crippen molar-refractivity contribution in [1.82, 2.24) is 29.9 Å². The number of pyridine rings is 1. The van der Waals surface area contributed by atoms with Gasteiger partial charge < -0.3 is 5.32 Å². The topological polar surface area (TPSA) is 158 Å². The first kappa shape index (κ1) is 42.9. The molecule has 2 aliphatic carbocycles. The van der Waals surface area contributed by atoms with E-state index in [1.165, 1.54) is 44.3 Å². The first-order valence-electron chi connectivity index (χ1n) is 17.9. The Bertz CT molecular complexity index is 2870. The summed E-state index contributed by atoms with van der Waals surface area (Å²) in [7, 11) is -7.90. The number of sulfonamides is 1. The third kappa shape index (κ3) is 8.54. The Morgan fingerprint density at radius 2 is 1.68 bits per heavy atom. The smallest absolute Gasteiger partial charge is 0.346 e. The van der Waals surface area contributed by atoms with E-state index in [2.05, 4.69) is 37.1 Å². The number of hydrogen-bond donors (Lipinski definition) is 2. The second-order valence-corrected chi connectivity index (χ2v) is 20.0. The first-order chi connectivity index (χ1) is 27.7. The van der Waals surface area contributed by atoms with Crippen LogP contribution >= 0.6 is 11.6 Å². The number of benzene rings is 2. The number of nitrogens with zero attached hydrogens (tertiary/aromatic N) is 5. The molecule has 3 unspecified atom stereocenters. The maximum atomic E-state index is 15.3. The highest BCUT2D eigenvalue weighted by Gasteiger charge is 2.65. The quantitative estimate of drug-likeness (QED) is 0.110. The molecule has 0 saturated heterocycles. The van der Waals surface area contributed by atoms with Crippen molar-refractivity contribution in [2.24, 2.45) is 5.92 Å². The lowest BCUT2D eigenvalue weighted by Crippen LogP contribution is -2.35. The van der Waals surface area contributed by atoms with Gasteiger partial charge in [-0.15, -0.1) is 0 Å². The summed E-state index contributed by atoms with van der Waals surface area (Å²) in [4.78, 5) is 18.5. The summed E-state index contributed by atoms with van der Waals surface area (Å²) in [6, 6.07) is 6.19. The van der Waals surface area contributed by atoms with Crippen LogP contribution in [0.25, 0.3) is 22.0 Å². The Kier molecular flexibility index (Phi) is 10.6. The average Bonchev–Trinajstić information content (AvgIpc) is 3.62. The number of amides is 1. The van der Waals surface area contributed by atoms with E-state index in [4.69, 9.17) is 11.6 Å². The highest BCUT2D eigenvalue weighted by Crippen LogP contribution is 2.66. The van der Waals surface area contributed by atoms with E-state index in [1.54, 1.807) is 0 Å². The highest BCUT2D eigenvalue weighted by molar-refractivity contribution is 7.92. The van der Waals surface area contributed by atoms with Crippen LogP contribution in [0.15, 0.2) is 48.7 Å². The second kappa shape index (κ2) is 14.8. The molecular weight excluding hydrogens is 867 g/mol. The molecule has 2 N–H and O–H groups in total. The summed E-state index contributed by atoms with van der Waals surface area (Å²) in [5, 5.41) is 10.1. The van der Waals surface area contributed by atoms with Gasteiger partial charge in [-0.1, -0.05) is 23.6 Å². The lowest BCUT2D eigenvalue weighted by atomic mass is 9.93. The van der Waals surface area contributed by atoms with E-state index < -0.39 is 103 Å². The molecule has 318 valence electrons. The van der Waals surface area contributed by atoms with Crippen molar-refractivity contribution in [2.45, 2.75) is 68.6 Å². The number of alkyl halides is 5. The molecule has 1 saturated carbocycles. The van der Waals surface area contributed by atoms with E-state index in [-0.39, 0.29) is 50.4 Å². The minimum Gasteiger partial charge on any atom is -0.346 e. The summed E-state index contributed by atoms with van der Waals surface area (Å²) in [6.07, 6.45) is -2.12. The molecule has 2 aromatic carbocycles. The predicted molar refractivity (Wildman–Crippen MR) is 206 cm³/mol. The summed E-state index contributed by atoms with van der Waals surface area (Å²) in [5.74, 6) is -2.78. The molecule has 3 atom stereocenters. The van der Waals surface area contributed by atoms with Gasteiger partial charge in [-0.2, -0.15) is 32.1 Å². The molecule has 3 aromatic heterocycles. The van der Waals surface area contributed by atoms with Crippen molar-refractivity contribution in [3.8, 4) is 23.0 Å². The lowest BCUT2D eigenvalue weighted by Gasteiger charge is -2.23. The highest BCUT2D eigenvalue weighted by atomic mass is 35.5. The lowest BCUT2D eigenvalue weighted by molar-refractivity contribution is -0.141. The van der Waals surface area contributed by atoms with Crippen molar-refractivity contribution in [2.75, 3.05) is 17.2 Å². The molecular formula is C38H33ClF7N7O5S2. The Labute approximate surface area is 343 Å². The molecule has 2 aliphatic rings. The number of carbonyl (C=O) groups excluding carboxylic acids is 1. The van der Waals surface area contributed by atoms with Crippen molar-refractivity contribution < 1.29 is 52.4 Å². The Morgan fingerprint density at radius 3 is 2.32 bits per heavy atom. The number of carbonyl (C=O) groups is 1. The van der Waals surface area contributed by atoms with Gasteiger partial charge in [0.2, 0.25) is 15.9 Å². The van der Waals surface area contributed by atoms with Crippen molar-refractivity contribution in [3.63, 3.8) is 0 Å². The fraction of sp³-hybridized carbons (Fsp3) is 0.368. The van der Waals surface area contributed by atoms with Crippen LogP contribution in [0, 0.1) is 29.4 Å². The van der Waals surface area contributed by atoms with Gasteiger partial charge in [-0.3, -0.25) is 18.9 Å². The van der Waals surface area contributed by atoms with Gasteiger partial charge in [0.15, 0.2) is 15.7 Å². The van der Waals surface area contributed by atoms with E-state index in [0.29, 0.717) is 16.3 Å². The number of nitrogens with one attached hydrogen (secondary N) is 2. The van der Waals surface area contributed by atoms with Crippen molar-refractivity contribution in [1.29, 1.82) is 0 Å². The van der Waals surface area contributed by atoms with Crippen LogP contribution in [-0.4, -0.2) is 70.7 Å². The van der Waals surface area contributed by atoms with Crippen molar-refractivity contribution in [3.05, 3.63) is 93.5 Å². The average molecular weight is 900 g/mol. The van der Waals surface area contributed by atoms with Crippen LogP contribution < -0.4 is 10.0 Å². The largest absolute Gasteiger partial charge is 0.408 e. The number of fused-ring (bicyclic) bond motifs is 4. The fourth-order valence-electron chi connectivity index (χ4n) is 7.20. The van der Waals surface area contributed by atoms with Crippen LogP contribution in [0.3, 0.4) is 0 Å². The van der Waals surface area contributed by atoms with Gasteiger partial charge in [0.25, 0.3) is 5.92 Å². The monoisotopic (exact) mass is 899 g/mol. The minimum atomic E-state index is -4.91. The zero-order valence-electron chi connectivity index (χ0n) is 31.8. The number of aromatic nitrogens is 5. The second-order valence-electron chi connectivity index (χ2n) is 15.3. The number of hydrogen-bond acceptors (Lipinski definition) is 8. The standard InChI is InChI=1S/C38H33ClF7N7O5S2/c1-36(2,59(3,55)56)10-9-22-5-6-23(24-7-8-28(39)31-33(24)53(18-37(42,43)44)50-35(31)51-60(4,57)58)32(48-22)29(13-19-11-20(40)14-21(41)12-19)49-30(54)17-52-34-26(16-47-52)25-15-27(25)38(34,45)46/h5-8,11-12,14,16,25,27,29H,13,15,17-18H2,1-4H3,(H,49,54)(H,50,51). The number of rotatable bonds is 11. The van der Waals surface area contributed by atoms with E-state index in [9.17, 15) is 43.6 Å². The van der Waals surface area contributed by atoms with Crippen LogP contribution in [0.4, 0.5) is 36.6 Å². The molecule has 12 nitrogen and oxygen atoms in total. The Morgan fingerprint density at radius 1 is 1.02 bits per heavy atom. The van der Waals surface area contributed by atoms with Crippen LogP contribution in [0.2, 0.25) is 5.02 Å². The van der Waals surface area contributed by atoms with E-state index in [0.717, 1.165) is 29.3 Å². The maximum absolute atomic E-state index is 15.3. The van der Waals surface area contributed by atoms with E-state index >= 15 is 8.78 Å². The predicted octanol–water partition coefficient (Wildman–Crippen LogP) is 6.64. The molecule has 1 fully saturated rings. The summed E-state index contributed by atoms with van der Waals surface area (Å²) >= 11 is 6.49. The fourth-order valence-corrected chi connectivity index (χ4v) is 8.17. The zero-order chi connectivity index (χ0) is 43.9. The molecule has 0 radical (unpaired) electrons. The van der Waals surface area contributed by atoms with Crippen LogP contribution in [0.1, 0.15) is 60.4 Å². The van der Waals surface area contributed by atoms with Crippen LogP contribution in [-0.2, 0) is 50.1 Å². The molecule has 22 heteroatoms. The normalized spacial score (nSPS) is 17.7. The third-order valence-electron chi connectivity index (χ3n) is 10.2. The third-order valence-corrected chi connectivity index (χ3v) is 13.1. The molecule has 5 aromatic rings. The molecule has 0 spiro atoms. The minimum absolute atomic E-state index is 0.0464. The van der Waals surface area contributed by atoms with Gasteiger partial charge in [0, 0.05) is 34.9 Å². The van der Waals surface area contributed by atoms with Crippen LogP contribution in [0.5, 0.6) is 0 Å². The van der Waals surface area contributed by atoms with Gasteiger partial charge in [0.05, 0.1) is 40.1 Å². The van der Waals surface area contributed by atoms with E-state index in [1.807, 2.05) is 0 Å². The molecule has 60 heavy (non-hydrogen) atoms. The summed E-state index contributed by atoms with van der Waals surface area (Å²) in [5.41, 5.74) is -0.971. The van der Waals surface area contributed by atoms with Gasteiger partial charge in [-0.05, 0) is 74.4 Å². The maximum Gasteiger partial charge on any atom is 0.408 e. The molecule has 0 bridgehead atoms. The first-order valence-corrected chi connectivity index (χ1v) is 22.0. The SMILES string of the molecule is CC(C)(C#Cc1ccc(-c2ccc(Cl)c3c(NS(C)(=O)=O)nn(CC(F)(F)F)c23)c(C(Cc2cc(F)cc(F)c2)NC(=O)Cn2ncc3c2C(F)(F)C2CC32)n1)S(C)(=O)=O. The molecule has 3 heterocycles. The molecule has 1 amide bonds. The summed E-state index contributed by atoms with van der Waals surface area (Å²) in [6.45, 7) is 0.178. The number of sulfone groups is 1. The Hall–Kier alpha value is -5.20. The van der Waals surface area contributed by atoms with Gasteiger partial charge in [0.1, 0.15) is 40.9 Å². The summed E-state index contributed by atoms with van der Waals surface area (Å²) < 4.78 is 153. The Balaban J connectivity index is 1.44. The number of halogens is 8. The zero-order valence-corrected chi connectivity index (χ0v) is 34.2. The van der Waals surface area contributed by atoms with Gasteiger partial charge in [-0.25, -0.2) is 30.6 Å².